The van der Waals surface area contributed by atoms with Crippen LogP contribution in [-0.2, 0) is 0 Å². The first kappa shape index (κ1) is 21.1. The quantitative estimate of drug-likeness (QED) is 0.351. The van der Waals surface area contributed by atoms with Crippen molar-refractivity contribution in [2.24, 2.45) is 4.99 Å². The van der Waals surface area contributed by atoms with Crippen LogP contribution in [0.4, 0.5) is 0 Å². The predicted molar refractivity (Wildman–Crippen MR) is 107 cm³/mol. The highest BCUT2D eigenvalue weighted by molar-refractivity contribution is 14.0. The van der Waals surface area contributed by atoms with Gasteiger partial charge in [0.15, 0.2) is 5.96 Å². The molecule has 24 heavy (non-hydrogen) atoms. The molecule has 0 aliphatic carbocycles. The predicted octanol–water partition coefficient (Wildman–Crippen LogP) is 2.12. The van der Waals surface area contributed by atoms with Crippen molar-refractivity contribution in [3.8, 4) is 0 Å². The number of H-pyrrole nitrogens is 1. The summed E-state index contributed by atoms with van der Waals surface area (Å²) in [5.74, 6) is 2.33. The van der Waals surface area contributed by atoms with Gasteiger partial charge in [0.05, 0.1) is 12.1 Å². The van der Waals surface area contributed by atoms with Crippen LogP contribution >= 0.6 is 24.0 Å². The molecule has 1 aliphatic heterocycles. The Morgan fingerprint density at radius 2 is 2.04 bits per heavy atom. The number of nitrogens with one attached hydrogen (secondary N) is 2. The van der Waals surface area contributed by atoms with Crippen molar-refractivity contribution in [2.75, 3.05) is 26.2 Å². The SMILES string of the molecule is CCNC(=NCC(O)(CC)CC)N1CCC(c2ncn[nH]2)CC1.I. The number of nitrogens with zero attached hydrogens (tertiary/aromatic N) is 4. The van der Waals surface area contributed by atoms with Gasteiger partial charge in [-0.1, -0.05) is 13.8 Å². The maximum Gasteiger partial charge on any atom is 0.194 e. The Morgan fingerprint density at radius 1 is 1.38 bits per heavy atom. The summed E-state index contributed by atoms with van der Waals surface area (Å²) in [4.78, 5) is 11.2. The number of aromatic nitrogens is 3. The van der Waals surface area contributed by atoms with Crippen LogP contribution < -0.4 is 5.32 Å². The van der Waals surface area contributed by atoms with Crippen LogP contribution in [-0.4, -0.2) is 62.9 Å². The molecule has 0 radical (unpaired) electrons. The van der Waals surface area contributed by atoms with Crippen molar-refractivity contribution in [1.82, 2.24) is 25.4 Å². The number of aromatic amines is 1. The molecule has 2 rings (SSSR count). The number of aliphatic imine (C=N–C) groups is 1. The Balaban J connectivity index is 0.00000288. The molecule has 138 valence electrons. The molecule has 1 aromatic rings. The smallest absolute Gasteiger partial charge is 0.194 e. The largest absolute Gasteiger partial charge is 0.388 e. The summed E-state index contributed by atoms with van der Waals surface area (Å²) in [6.07, 6.45) is 5.08. The lowest BCUT2D eigenvalue weighted by molar-refractivity contribution is 0.0415. The van der Waals surface area contributed by atoms with Crippen LogP contribution in [0.25, 0.3) is 0 Å². The first-order valence-electron chi connectivity index (χ1n) is 8.72. The number of hydrogen-bond acceptors (Lipinski definition) is 4. The minimum atomic E-state index is -0.696. The third-order valence-corrected chi connectivity index (χ3v) is 4.79. The van der Waals surface area contributed by atoms with Gasteiger partial charge in [-0.2, -0.15) is 5.10 Å². The summed E-state index contributed by atoms with van der Waals surface area (Å²) in [5, 5.41) is 20.7. The normalized spacial score (nSPS) is 16.8. The van der Waals surface area contributed by atoms with Crippen molar-refractivity contribution < 1.29 is 5.11 Å². The van der Waals surface area contributed by atoms with Gasteiger partial charge in [-0.25, -0.2) is 4.98 Å². The molecule has 1 aliphatic rings. The molecule has 0 spiro atoms. The maximum absolute atomic E-state index is 10.4. The molecule has 1 saturated heterocycles. The molecule has 1 aromatic heterocycles. The zero-order valence-corrected chi connectivity index (χ0v) is 17.3. The molecule has 0 atom stereocenters. The highest BCUT2D eigenvalue weighted by atomic mass is 127. The molecule has 3 N–H and O–H groups in total. The van der Waals surface area contributed by atoms with E-state index in [9.17, 15) is 5.11 Å². The van der Waals surface area contributed by atoms with Crippen LogP contribution in [0.2, 0.25) is 0 Å². The first-order valence-corrected chi connectivity index (χ1v) is 8.72. The molecule has 7 nitrogen and oxygen atoms in total. The van der Waals surface area contributed by atoms with Crippen molar-refractivity contribution in [3.63, 3.8) is 0 Å². The Kier molecular flexibility index (Phi) is 8.96. The standard InChI is InChI=1S/C16H30N6O.HI/c1-4-16(23,5-2)11-18-15(17-6-3)22-9-7-13(8-10-22)14-19-12-20-21-14;/h12-13,23H,4-11H2,1-3H3,(H,17,18)(H,19,20,21);1H. The third kappa shape index (κ3) is 5.58. The third-order valence-electron chi connectivity index (χ3n) is 4.79. The van der Waals surface area contributed by atoms with Gasteiger partial charge in [-0.05, 0) is 32.6 Å². The highest BCUT2D eigenvalue weighted by Gasteiger charge is 2.26. The number of hydrogen-bond donors (Lipinski definition) is 3. The minimum Gasteiger partial charge on any atom is -0.388 e. The fourth-order valence-electron chi connectivity index (χ4n) is 2.90. The lowest BCUT2D eigenvalue weighted by Crippen LogP contribution is -2.46. The van der Waals surface area contributed by atoms with Crippen LogP contribution in [0.15, 0.2) is 11.3 Å². The average molecular weight is 450 g/mol. The van der Waals surface area contributed by atoms with Gasteiger partial charge in [-0.15, -0.1) is 24.0 Å². The van der Waals surface area contributed by atoms with Crippen LogP contribution in [0.5, 0.6) is 0 Å². The van der Waals surface area contributed by atoms with E-state index in [4.69, 9.17) is 0 Å². The summed E-state index contributed by atoms with van der Waals surface area (Å²) in [6, 6.07) is 0. The zero-order chi connectivity index (χ0) is 16.7. The van der Waals surface area contributed by atoms with E-state index in [1.54, 1.807) is 6.33 Å². The van der Waals surface area contributed by atoms with E-state index < -0.39 is 5.60 Å². The summed E-state index contributed by atoms with van der Waals surface area (Å²) >= 11 is 0. The number of halogens is 1. The molecule has 8 heteroatoms. The number of piperidine rings is 1. The van der Waals surface area contributed by atoms with Gasteiger partial charge in [0.1, 0.15) is 12.2 Å². The van der Waals surface area contributed by atoms with E-state index in [1.807, 2.05) is 13.8 Å². The Hall–Kier alpha value is -0.900. The topological polar surface area (TPSA) is 89.4 Å². The van der Waals surface area contributed by atoms with Crippen molar-refractivity contribution >= 4 is 29.9 Å². The van der Waals surface area contributed by atoms with Crippen LogP contribution in [0.1, 0.15) is 58.2 Å². The van der Waals surface area contributed by atoms with E-state index in [0.29, 0.717) is 12.5 Å². The molecule has 0 bridgehead atoms. The number of rotatable bonds is 6. The number of likely N-dealkylation sites (tertiary alicyclic amines) is 1. The van der Waals surface area contributed by atoms with Gasteiger partial charge in [0.25, 0.3) is 0 Å². The van der Waals surface area contributed by atoms with Gasteiger partial charge in [0.2, 0.25) is 0 Å². The van der Waals surface area contributed by atoms with Gasteiger partial charge >= 0.3 is 0 Å². The van der Waals surface area contributed by atoms with E-state index in [1.165, 1.54) is 0 Å². The Morgan fingerprint density at radius 3 is 2.54 bits per heavy atom. The van der Waals surface area contributed by atoms with Crippen LogP contribution in [0, 0.1) is 0 Å². The van der Waals surface area contributed by atoms with E-state index in [2.05, 4.69) is 37.3 Å². The van der Waals surface area contributed by atoms with Crippen LogP contribution in [0.3, 0.4) is 0 Å². The highest BCUT2D eigenvalue weighted by Crippen LogP contribution is 2.25. The lowest BCUT2D eigenvalue weighted by atomic mass is 9.96. The van der Waals surface area contributed by atoms with Gasteiger partial charge in [-0.3, -0.25) is 10.1 Å². The molecule has 0 amide bonds. The zero-order valence-electron chi connectivity index (χ0n) is 15.0. The molecule has 0 unspecified atom stereocenters. The maximum atomic E-state index is 10.4. The monoisotopic (exact) mass is 450 g/mol. The Bertz CT molecular complexity index is 481. The number of guanidine groups is 1. The molecule has 2 heterocycles. The van der Waals surface area contributed by atoms with Crippen molar-refractivity contribution in [2.45, 2.75) is 58.0 Å². The first-order chi connectivity index (χ1) is 11.1. The fourth-order valence-corrected chi connectivity index (χ4v) is 2.90. The van der Waals surface area contributed by atoms with Gasteiger partial charge in [0, 0.05) is 25.6 Å². The van der Waals surface area contributed by atoms with E-state index in [-0.39, 0.29) is 24.0 Å². The second kappa shape index (κ2) is 10.2. The number of aliphatic hydroxyl groups is 1. The minimum absolute atomic E-state index is 0. The van der Waals surface area contributed by atoms with Crippen molar-refractivity contribution in [1.29, 1.82) is 0 Å². The summed E-state index contributed by atoms with van der Waals surface area (Å²) in [7, 11) is 0. The second-order valence-corrected chi connectivity index (χ2v) is 6.23. The molecule has 1 fully saturated rings. The van der Waals surface area contributed by atoms with Crippen molar-refractivity contribution in [3.05, 3.63) is 12.2 Å². The molecule has 0 aromatic carbocycles. The van der Waals surface area contributed by atoms with E-state index in [0.717, 1.165) is 57.1 Å². The second-order valence-electron chi connectivity index (χ2n) is 6.23. The summed E-state index contributed by atoms with van der Waals surface area (Å²) in [5.41, 5.74) is -0.696. The molecule has 0 saturated carbocycles. The van der Waals surface area contributed by atoms with E-state index >= 15 is 0 Å². The average Bonchev–Trinajstić information content (AvgIpc) is 3.13. The summed E-state index contributed by atoms with van der Waals surface area (Å²) < 4.78 is 0. The lowest BCUT2D eigenvalue weighted by Gasteiger charge is -2.34. The molecular formula is C16H31IN6O. The fraction of sp³-hybridized carbons (Fsp3) is 0.812. The van der Waals surface area contributed by atoms with Gasteiger partial charge < -0.3 is 15.3 Å². The molecular weight excluding hydrogens is 419 g/mol. The Labute approximate surface area is 161 Å². The summed E-state index contributed by atoms with van der Waals surface area (Å²) in [6.45, 7) is 9.25.